The summed E-state index contributed by atoms with van der Waals surface area (Å²) in [4.78, 5) is 22.2. The normalized spacial score (nSPS) is 9.71. The minimum Gasteiger partial charge on any atom is -0.322 e. The number of nitro benzene ring substituents is 1. The van der Waals surface area contributed by atoms with Gasteiger partial charge >= 0.3 is 0 Å². The number of hydrogen-bond donors (Lipinski definition) is 1. The Kier molecular flexibility index (Phi) is 3.95. The van der Waals surface area contributed by atoms with Crippen molar-refractivity contribution in [2.24, 2.45) is 0 Å². The average molecular weight is 284 g/mol. The van der Waals surface area contributed by atoms with Crippen LogP contribution in [0.25, 0.3) is 0 Å². The van der Waals surface area contributed by atoms with Crippen LogP contribution in [0.2, 0.25) is 0 Å². The molecule has 0 aliphatic carbocycles. The van der Waals surface area contributed by atoms with Gasteiger partial charge in [0.25, 0.3) is 11.6 Å². The SMILES string of the molecule is C#Cc1cccc(NC(=O)c2cc(F)ccc2[N+](=O)[O-])c1. The molecule has 0 aliphatic rings. The number of anilines is 1. The molecule has 0 unspecified atom stereocenters. The lowest BCUT2D eigenvalue weighted by molar-refractivity contribution is -0.385. The second-order valence-corrected chi connectivity index (χ2v) is 4.10. The first-order valence-corrected chi connectivity index (χ1v) is 5.83. The van der Waals surface area contributed by atoms with E-state index in [0.717, 1.165) is 18.2 Å². The maximum absolute atomic E-state index is 13.2. The molecule has 6 heteroatoms. The molecule has 0 atom stereocenters. The van der Waals surface area contributed by atoms with Crippen molar-refractivity contribution in [3.8, 4) is 12.3 Å². The Balaban J connectivity index is 2.34. The van der Waals surface area contributed by atoms with Crippen LogP contribution in [0.15, 0.2) is 42.5 Å². The largest absolute Gasteiger partial charge is 0.322 e. The highest BCUT2D eigenvalue weighted by Gasteiger charge is 2.21. The molecule has 0 aromatic heterocycles. The standard InChI is InChI=1S/C15H9FN2O3/c1-2-10-4-3-5-12(8-10)17-15(19)13-9-11(16)6-7-14(13)18(20)21/h1,3-9H,(H,17,19). The fraction of sp³-hybridized carbons (Fsp3) is 0. The Morgan fingerprint density at radius 2 is 2.05 bits per heavy atom. The molecule has 0 fully saturated rings. The first-order valence-electron chi connectivity index (χ1n) is 5.83. The van der Waals surface area contributed by atoms with Gasteiger partial charge in [-0.1, -0.05) is 12.0 Å². The number of nitrogens with one attached hydrogen (secondary N) is 1. The summed E-state index contributed by atoms with van der Waals surface area (Å²) in [6, 6.07) is 9.09. The summed E-state index contributed by atoms with van der Waals surface area (Å²) in [6.07, 6.45) is 5.24. The number of nitrogens with zero attached hydrogens (tertiary/aromatic N) is 1. The number of carbonyl (C=O) groups is 1. The lowest BCUT2D eigenvalue weighted by Crippen LogP contribution is -2.14. The van der Waals surface area contributed by atoms with E-state index in [1.165, 1.54) is 6.07 Å². The first kappa shape index (κ1) is 14.2. The van der Waals surface area contributed by atoms with Crippen LogP contribution in [0, 0.1) is 28.3 Å². The van der Waals surface area contributed by atoms with Crippen LogP contribution in [0.5, 0.6) is 0 Å². The molecule has 0 bridgehead atoms. The topological polar surface area (TPSA) is 72.2 Å². The van der Waals surface area contributed by atoms with Gasteiger partial charge in [-0.15, -0.1) is 6.42 Å². The maximum Gasteiger partial charge on any atom is 0.282 e. The van der Waals surface area contributed by atoms with Crippen LogP contribution in [0.1, 0.15) is 15.9 Å². The zero-order chi connectivity index (χ0) is 15.4. The van der Waals surface area contributed by atoms with E-state index in [1.54, 1.807) is 18.2 Å². The molecule has 0 spiro atoms. The second kappa shape index (κ2) is 5.84. The molecule has 0 aliphatic heterocycles. The summed E-state index contributed by atoms with van der Waals surface area (Å²) in [5, 5.41) is 13.3. The molecule has 104 valence electrons. The van der Waals surface area contributed by atoms with E-state index in [-0.39, 0.29) is 5.56 Å². The van der Waals surface area contributed by atoms with Gasteiger partial charge in [0.1, 0.15) is 11.4 Å². The van der Waals surface area contributed by atoms with E-state index in [0.29, 0.717) is 11.3 Å². The van der Waals surface area contributed by atoms with Gasteiger partial charge in [-0.2, -0.15) is 0 Å². The van der Waals surface area contributed by atoms with Gasteiger partial charge in [0.15, 0.2) is 0 Å². The van der Waals surface area contributed by atoms with Gasteiger partial charge in [0.2, 0.25) is 0 Å². The third-order valence-electron chi connectivity index (χ3n) is 2.69. The maximum atomic E-state index is 13.2. The smallest absolute Gasteiger partial charge is 0.282 e. The van der Waals surface area contributed by atoms with E-state index in [2.05, 4.69) is 11.2 Å². The lowest BCUT2D eigenvalue weighted by atomic mass is 10.1. The van der Waals surface area contributed by atoms with Crippen LogP contribution >= 0.6 is 0 Å². The summed E-state index contributed by atoms with van der Waals surface area (Å²) in [7, 11) is 0. The summed E-state index contributed by atoms with van der Waals surface area (Å²) < 4.78 is 13.2. The minimum atomic E-state index is -0.782. The quantitative estimate of drug-likeness (QED) is 0.535. The van der Waals surface area contributed by atoms with Crippen LogP contribution in [0.4, 0.5) is 15.8 Å². The summed E-state index contributed by atoms with van der Waals surface area (Å²) in [5.74, 6) is 0.884. The first-order chi connectivity index (χ1) is 10.0. The molecule has 1 N–H and O–H groups in total. The van der Waals surface area contributed by atoms with Crippen LogP contribution < -0.4 is 5.32 Å². The van der Waals surface area contributed by atoms with Crippen molar-refractivity contribution < 1.29 is 14.1 Å². The predicted molar refractivity (Wildman–Crippen MR) is 75.4 cm³/mol. The third-order valence-corrected chi connectivity index (χ3v) is 2.69. The van der Waals surface area contributed by atoms with E-state index in [1.807, 2.05) is 0 Å². The molecule has 2 aromatic carbocycles. The molecule has 5 nitrogen and oxygen atoms in total. The highest BCUT2D eigenvalue weighted by atomic mass is 19.1. The molecule has 2 aromatic rings. The molecule has 0 heterocycles. The van der Waals surface area contributed by atoms with Gasteiger partial charge < -0.3 is 5.32 Å². The molecule has 2 rings (SSSR count). The van der Waals surface area contributed by atoms with Gasteiger partial charge in [0, 0.05) is 17.3 Å². The fourth-order valence-electron chi connectivity index (χ4n) is 1.73. The Labute approximate surface area is 119 Å². The summed E-state index contributed by atoms with van der Waals surface area (Å²) in [5.41, 5.74) is 0.0867. The van der Waals surface area contributed by atoms with Crippen LogP contribution in [0.3, 0.4) is 0 Å². The summed E-state index contributed by atoms with van der Waals surface area (Å²) >= 11 is 0. The number of terminal acetylenes is 1. The molecule has 1 amide bonds. The number of hydrogen-bond acceptors (Lipinski definition) is 3. The number of benzene rings is 2. The predicted octanol–water partition coefficient (Wildman–Crippen LogP) is 2.97. The van der Waals surface area contributed by atoms with Crippen molar-refractivity contribution >= 4 is 17.3 Å². The monoisotopic (exact) mass is 284 g/mol. The number of nitro groups is 1. The zero-order valence-corrected chi connectivity index (χ0v) is 10.7. The highest BCUT2D eigenvalue weighted by Crippen LogP contribution is 2.21. The van der Waals surface area contributed by atoms with Gasteiger partial charge in [-0.3, -0.25) is 14.9 Å². The van der Waals surface area contributed by atoms with E-state index >= 15 is 0 Å². The van der Waals surface area contributed by atoms with Crippen molar-refractivity contribution in [2.45, 2.75) is 0 Å². The molecule has 0 radical (unpaired) electrons. The number of rotatable bonds is 3. The van der Waals surface area contributed by atoms with Crippen LogP contribution in [-0.2, 0) is 0 Å². The van der Waals surface area contributed by atoms with Crippen molar-refractivity contribution in [3.63, 3.8) is 0 Å². The Morgan fingerprint density at radius 3 is 2.71 bits per heavy atom. The molecule has 0 saturated heterocycles. The molecular formula is C15H9FN2O3. The van der Waals surface area contributed by atoms with Gasteiger partial charge in [-0.25, -0.2) is 4.39 Å². The minimum absolute atomic E-state index is 0.355. The molecule has 0 saturated carbocycles. The molecule has 21 heavy (non-hydrogen) atoms. The fourth-order valence-corrected chi connectivity index (χ4v) is 1.73. The lowest BCUT2D eigenvalue weighted by Gasteiger charge is -2.06. The van der Waals surface area contributed by atoms with E-state index in [9.17, 15) is 19.3 Å². The Bertz CT molecular complexity index is 766. The zero-order valence-electron chi connectivity index (χ0n) is 10.7. The number of carbonyl (C=O) groups excluding carboxylic acids is 1. The van der Waals surface area contributed by atoms with E-state index in [4.69, 9.17) is 6.42 Å². The third kappa shape index (κ3) is 3.22. The Morgan fingerprint density at radius 1 is 1.29 bits per heavy atom. The average Bonchev–Trinajstić information content (AvgIpc) is 2.47. The van der Waals surface area contributed by atoms with E-state index < -0.39 is 22.3 Å². The summed E-state index contributed by atoms with van der Waals surface area (Å²) in [6.45, 7) is 0. The van der Waals surface area contributed by atoms with Crippen molar-refractivity contribution in [3.05, 3.63) is 69.5 Å². The van der Waals surface area contributed by atoms with Crippen molar-refractivity contribution in [1.29, 1.82) is 0 Å². The molecular weight excluding hydrogens is 275 g/mol. The number of amides is 1. The van der Waals surface area contributed by atoms with Gasteiger partial charge in [-0.05, 0) is 30.3 Å². The van der Waals surface area contributed by atoms with Gasteiger partial charge in [0.05, 0.1) is 4.92 Å². The number of halogens is 1. The second-order valence-electron chi connectivity index (χ2n) is 4.10. The highest BCUT2D eigenvalue weighted by molar-refractivity contribution is 6.07. The van der Waals surface area contributed by atoms with Crippen molar-refractivity contribution in [1.82, 2.24) is 0 Å². The van der Waals surface area contributed by atoms with Crippen molar-refractivity contribution in [2.75, 3.05) is 5.32 Å². The van der Waals surface area contributed by atoms with Crippen LogP contribution in [-0.4, -0.2) is 10.8 Å². The Hall–Kier alpha value is -3.20.